The monoisotopic (exact) mass is 406 g/mol. The first-order valence-electron chi connectivity index (χ1n) is 8.77. The minimum atomic E-state index is -3.08. The highest BCUT2D eigenvalue weighted by molar-refractivity contribution is 7.91. The van der Waals surface area contributed by atoms with Gasteiger partial charge in [-0.3, -0.25) is 9.59 Å². The van der Waals surface area contributed by atoms with E-state index in [4.69, 9.17) is 4.74 Å². The van der Waals surface area contributed by atoms with Gasteiger partial charge in [-0.2, -0.15) is 5.10 Å². The molecule has 1 aliphatic heterocycles. The van der Waals surface area contributed by atoms with Gasteiger partial charge >= 0.3 is 0 Å². The molecule has 2 N–H and O–H groups in total. The van der Waals surface area contributed by atoms with Crippen molar-refractivity contribution in [2.75, 3.05) is 30.5 Å². The zero-order valence-electron chi connectivity index (χ0n) is 15.6. The van der Waals surface area contributed by atoms with Crippen LogP contribution >= 0.6 is 0 Å². The van der Waals surface area contributed by atoms with Crippen LogP contribution in [0.15, 0.2) is 30.3 Å². The number of nitrogens with one attached hydrogen (secondary N) is 2. The minimum Gasteiger partial charge on any atom is -0.496 e. The summed E-state index contributed by atoms with van der Waals surface area (Å²) in [4.78, 5) is 24.6. The number of amides is 2. The molecule has 9 nitrogen and oxygen atoms in total. The maximum Gasteiger partial charge on any atom is 0.255 e. The van der Waals surface area contributed by atoms with Gasteiger partial charge in [0.1, 0.15) is 11.6 Å². The van der Waals surface area contributed by atoms with Crippen LogP contribution in [0.1, 0.15) is 28.5 Å². The summed E-state index contributed by atoms with van der Waals surface area (Å²) in [5, 5.41) is 9.55. The molecule has 0 bridgehead atoms. The van der Waals surface area contributed by atoms with Crippen molar-refractivity contribution >= 4 is 27.5 Å². The Bertz CT molecular complexity index is 999. The third-order valence-corrected chi connectivity index (χ3v) is 6.19. The van der Waals surface area contributed by atoms with Gasteiger partial charge in [0, 0.05) is 6.07 Å². The molecule has 2 aromatic rings. The zero-order chi connectivity index (χ0) is 20.3. The summed E-state index contributed by atoms with van der Waals surface area (Å²) in [7, 11) is -1.62. The number of hydrogen-bond acceptors (Lipinski definition) is 6. The normalized spacial score (nSPS) is 17.9. The van der Waals surface area contributed by atoms with Crippen LogP contribution in [-0.4, -0.2) is 55.2 Å². The fourth-order valence-electron chi connectivity index (χ4n) is 3.13. The number of sulfone groups is 1. The molecule has 0 saturated carbocycles. The molecule has 1 aromatic carbocycles. The summed E-state index contributed by atoms with van der Waals surface area (Å²) < 4.78 is 30.1. The van der Waals surface area contributed by atoms with Crippen molar-refractivity contribution in [1.82, 2.24) is 15.1 Å². The second-order valence-electron chi connectivity index (χ2n) is 6.60. The van der Waals surface area contributed by atoms with E-state index in [1.165, 1.54) is 7.11 Å². The lowest BCUT2D eigenvalue weighted by molar-refractivity contribution is -0.115. The van der Waals surface area contributed by atoms with E-state index in [9.17, 15) is 18.0 Å². The number of rotatable bonds is 6. The first kappa shape index (κ1) is 19.9. The first-order valence-corrected chi connectivity index (χ1v) is 10.6. The van der Waals surface area contributed by atoms with Gasteiger partial charge < -0.3 is 15.4 Å². The molecule has 0 spiro atoms. The van der Waals surface area contributed by atoms with Crippen LogP contribution in [0.5, 0.6) is 5.75 Å². The number of nitrogens with zero attached hydrogens (tertiary/aromatic N) is 2. The SMILES string of the molecule is COc1ccccc1C(=O)NCC(=O)Nc1cc(C)nn1C1CCS(=O)(=O)C1. The lowest BCUT2D eigenvalue weighted by atomic mass is 10.2. The number of hydrogen-bond donors (Lipinski definition) is 2. The summed E-state index contributed by atoms with van der Waals surface area (Å²) in [5.74, 6) is 0.0672. The molecule has 1 unspecified atom stereocenters. The molecular weight excluding hydrogens is 384 g/mol. The summed E-state index contributed by atoms with van der Waals surface area (Å²) in [6.45, 7) is 1.52. The predicted octanol–water partition coefficient (Wildman–Crippen LogP) is 0.928. The van der Waals surface area contributed by atoms with Crippen LogP contribution in [0.2, 0.25) is 0 Å². The summed E-state index contributed by atoms with van der Waals surface area (Å²) in [5.41, 5.74) is 0.993. The molecule has 10 heteroatoms. The smallest absolute Gasteiger partial charge is 0.255 e. The molecule has 1 aromatic heterocycles. The summed E-state index contributed by atoms with van der Waals surface area (Å²) >= 11 is 0. The van der Waals surface area contributed by atoms with E-state index in [-0.39, 0.29) is 24.1 Å². The van der Waals surface area contributed by atoms with Crippen molar-refractivity contribution in [3.8, 4) is 5.75 Å². The Hall–Kier alpha value is -2.88. The highest BCUT2D eigenvalue weighted by Gasteiger charge is 2.31. The van der Waals surface area contributed by atoms with Crippen molar-refractivity contribution in [3.63, 3.8) is 0 Å². The molecule has 1 fully saturated rings. The van der Waals surface area contributed by atoms with Crippen LogP contribution in [0, 0.1) is 6.92 Å². The standard InChI is InChI=1S/C18H22N4O5S/c1-12-9-16(22(21-12)13-7-8-28(25,26)11-13)20-17(23)10-19-18(24)14-5-3-4-6-15(14)27-2/h3-6,9,13H,7-8,10-11H2,1-2H3,(H,19,24)(H,20,23). The van der Waals surface area contributed by atoms with E-state index < -0.39 is 21.7 Å². The third kappa shape index (κ3) is 4.50. The van der Waals surface area contributed by atoms with Gasteiger partial charge in [0.15, 0.2) is 9.84 Å². The van der Waals surface area contributed by atoms with Crippen LogP contribution in [0.3, 0.4) is 0 Å². The molecule has 1 aliphatic rings. The minimum absolute atomic E-state index is 0.00152. The van der Waals surface area contributed by atoms with Crippen molar-refractivity contribution in [3.05, 3.63) is 41.6 Å². The van der Waals surface area contributed by atoms with Crippen LogP contribution < -0.4 is 15.4 Å². The average molecular weight is 406 g/mol. The highest BCUT2D eigenvalue weighted by atomic mass is 32.2. The summed E-state index contributed by atoms with van der Waals surface area (Å²) in [6.07, 6.45) is 0.455. The largest absolute Gasteiger partial charge is 0.496 e. The molecule has 0 aliphatic carbocycles. The number of aryl methyl sites for hydroxylation is 1. The van der Waals surface area contributed by atoms with E-state index in [2.05, 4.69) is 15.7 Å². The Labute approximate surface area is 163 Å². The predicted molar refractivity (Wildman–Crippen MR) is 103 cm³/mol. The second kappa shape index (κ2) is 8.01. The Morgan fingerprint density at radius 3 is 2.75 bits per heavy atom. The number of methoxy groups -OCH3 is 1. The lowest BCUT2D eigenvalue weighted by Gasteiger charge is -2.14. The maximum absolute atomic E-state index is 12.3. The first-order chi connectivity index (χ1) is 13.3. The van der Waals surface area contributed by atoms with Gasteiger partial charge in [0.2, 0.25) is 5.91 Å². The quantitative estimate of drug-likeness (QED) is 0.736. The number of benzene rings is 1. The van der Waals surface area contributed by atoms with E-state index in [1.807, 2.05) is 0 Å². The fraction of sp³-hybridized carbons (Fsp3) is 0.389. The van der Waals surface area contributed by atoms with Crippen LogP contribution in [-0.2, 0) is 14.6 Å². The Morgan fingerprint density at radius 2 is 2.07 bits per heavy atom. The van der Waals surface area contributed by atoms with Crippen molar-refractivity contribution in [2.45, 2.75) is 19.4 Å². The Kier molecular flexibility index (Phi) is 5.68. The van der Waals surface area contributed by atoms with Crippen molar-refractivity contribution < 1.29 is 22.7 Å². The van der Waals surface area contributed by atoms with Gasteiger partial charge in [-0.25, -0.2) is 13.1 Å². The molecular formula is C18H22N4O5S. The number of para-hydroxylation sites is 1. The number of carbonyl (C=O) groups excluding carboxylic acids is 2. The molecule has 1 atom stereocenters. The molecule has 0 radical (unpaired) electrons. The number of ether oxygens (including phenoxy) is 1. The van der Waals surface area contributed by atoms with Gasteiger partial charge in [-0.05, 0) is 25.5 Å². The van der Waals surface area contributed by atoms with Gasteiger partial charge in [-0.1, -0.05) is 12.1 Å². The highest BCUT2D eigenvalue weighted by Crippen LogP contribution is 2.27. The van der Waals surface area contributed by atoms with E-state index >= 15 is 0 Å². The lowest BCUT2D eigenvalue weighted by Crippen LogP contribution is -2.33. The van der Waals surface area contributed by atoms with E-state index in [0.717, 1.165) is 0 Å². The molecule has 2 heterocycles. The molecule has 3 rings (SSSR count). The third-order valence-electron chi connectivity index (χ3n) is 4.44. The van der Waals surface area contributed by atoms with Crippen LogP contribution in [0.4, 0.5) is 5.82 Å². The Morgan fingerprint density at radius 1 is 1.32 bits per heavy atom. The van der Waals surface area contributed by atoms with Crippen LogP contribution in [0.25, 0.3) is 0 Å². The summed E-state index contributed by atoms with van der Waals surface area (Å²) in [6, 6.07) is 8.07. The zero-order valence-corrected chi connectivity index (χ0v) is 16.5. The maximum atomic E-state index is 12.3. The van der Waals surface area contributed by atoms with E-state index in [0.29, 0.717) is 29.2 Å². The fourth-order valence-corrected chi connectivity index (χ4v) is 4.82. The molecule has 150 valence electrons. The Balaban J connectivity index is 1.63. The van der Waals surface area contributed by atoms with E-state index in [1.54, 1.807) is 41.9 Å². The van der Waals surface area contributed by atoms with Crippen molar-refractivity contribution in [1.29, 1.82) is 0 Å². The average Bonchev–Trinajstić information content (AvgIpc) is 3.20. The van der Waals surface area contributed by atoms with Gasteiger partial charge in [-0.15, -0.1) is 0 Å². The number of carbonyl (C=O) groups is 2. The molecule has 2 amide bonds. The molecule has 28 heavy (non-hydrogen) atoms. The topological polar surface area (TPSA) is 119 Å². The molecule has 1 saturated heterocycles. The van der Waals surface area contributed by atoms with Gasteiger partial charge in [0.25, 0.3) is 5.91 Å². The second-order valence-corrected chi connectivity index (χ2v) is 8.83. The van der Waals surface area contributed by atoms with Crippen molar-refractivity contribution in [2.24, 2.45) is 0 Å². The number of aromatic nitrogens is 2. The van der Waals surface area contributed by atoms with Gasteiger partial charge in [0.05, 0.1) is 42.5 Å². The number of anilines is 1.